The lowest BCUT2D eigenvalue weighted by Crippen LogP contribution is -2.08. The fourth-order valence-electron chi connectivity index (χ4n) is 0.453. The van der Waals surface area contributed by atoms with Crippen LogP contribution in [0.2, 0.25) is 0 Å². The first kappa shape index (κ1) is 11.0. The quantitative estimate of drug-likeness (QED) is 0.329. The normalized spacial score (nSPS) is 11.2. The highest BCUT2D eigenvalue weighted by molar-refractivity contribution is 7.76. The molecule has 0 heterocycles. The van der Waals surface area contributed by atoms with Crippen LogP contribution in [-0.4, -0.2) is 14.0 Å². The minimum atomic E-state index is -2.52. The van der Waals surface area contributed by atoms with Crippen molar-refractivity contribution < 1.29 is 14.0 Å². The average Bonchev–Trinajstić information content (AvgIpc) is 2.07. The first-order valence-electron chi connectivity index (χ1n) is 2.96. The Kier molecular flexibility index (Phi) is 6.21. The lowest BCUT2D eigenvalue weighted by Gasteiger charge is -1.94. The maximum absolute atomic E-state index is 9.01. The summed E-state index contributed by atoms with van der Waals surface area (Å²) in [5.74, 6) is 0. The summed E-state index contributed by atoms with van der Waals surface area (Å²) >= 11 is -2.52. The molecule has 1 unspecified atom stereocenters. The number of para-hydroxylation sites is 1. The van der Waals surface area contributed by atoms with E-state index in [1.165, 1.54) is 0 Å². The maximum atomic E-state index is 9.01. The maximum Gasteiger partial charge on any atom is 0.0425 e. The van der Waals surface area contributed by atoms with E-state index in [0.717, 1.165) is 10.6 Å². The molecule has 0 aliphatic heterocycles. The van der Waals surface area contributed by atoms with Gasteiger partial charge in [-0.15, -0.1) is 4.89 Å². The Hall–Kier alpha value is -0.950. The van der Waals surface area contributed by atoms with E-state index in [1.807, 2.05) is 30.3 Å². The van der Waals surface area contributed by atoms with Crippen LogP contribution in [0.4, 0.5) is 5.69 Å². The topological polar surface area (TPSA) is 98.4 Å². The standard InChI is InChI=1S/C6H7N.H3NO3S/c7-6-4-2-1-3-5-6;2-1-5(3)4/h1-5H,7H2;1-2H,(H,3,4)/p-1. The van der Waals surface area contributed by atoms with Gasteiger partial charge >= 0.3 is 0 Å². The van der Waals surface area contributed by atoms with Gasteiger partial charge in [0.2, 0.25) is 0 Å². The van der Waals surface area contributed by atoms with Gasteiger partial charge in [0.25, 0.3) is 0 Å². The van der Waals surface area contributed by atoms with Crippen LogP contribution in [0, 0.1) is 0 Å². The van der Waals surface area contributed by atoms with Crippen LogP contribution in [-0.2, 0) is 11.3 Å². The van der Waals surface area contributed by atoms with Crippen LogP contribution in [0.1, 0.15) is 0 Å². The highest BCUT2D eigenvalue weighted by Crippen LogP contribution is 1.95. The summed E-state index contributed by atoms with van der Waals surface area (Å²) in [6, 6.07) is 9.49. The number of anilines is 1. The molecule has 0 aliphatic carbocycles. The second-order valence-corrected chi connectivity index (χ2v) is 2.39. The highest BCUT2D eigenvalue weighted by Gasteiger charge is 1.72. The molecule has 0 aromatic heterocycles. The van der Waals surface area contributed by atoms with Crippen LogP contribution in [0.15, 0.2) is 30.3 Å². The molecule has 0 radical (unpaired) electrons. The Morgan fingerprint density at radius 3 is 2.00 bits per heavy atom. The molecule has 0 fully saturated rings. The number of hydrogen-bond donors (Lipinski definition) is 3. The van der Waals surface area contributed by atoms with Crippen LogP contribution >= 0.6 is 0 Å². The third kappa shape index (κ3) is 7.16. The van der Waals surface area contributed by atoms with E-state index in [4.69, 9.17) is 19.7 Å². The fourth-order valence-corrected chi connectivity index (χ4v) is 0.453. The first-order chi connectivity index (χ1) is 5.66. The lowest BCUT2D eigenvalue weighted by molar-refractivity contribution is 0.237. The zero-order valence-corrected chi connectivity index (χ0v) is 6.95. The Bertz CT molecular complexity index is 229. The summed E-state index contributed by atoms with van der Waals surface area (Å²) in [6.45, 7) is 0. The monoisotopic (exact) mass is 189 g/mol. The third-order valence-corrected chi connectivity index (χ3v) is 1.02. The molecule has 0 spiro atoms. The smallest absolute Gasteiger partial charge is 0.0425 e. The minimum Gasteiger partial charge on any atom is -0.758 e. The first-order valence-corrected chi connectivity index (χ1v) is 4.04. The molecule has 0 saturated carbocycles. The molecule has 4 N–H and O–H groups in total. The summed E-state index contributed by atoms with van der Waals surface area (Å²) in [5, 5.41) is 7.28. The van der Waals surface area contributed by atoms with Crippen molar-refractivity contribution in [2.45, 2.75) is 0 Å². The van der Waals surface area contributed by atoms with Gasteiger partial charge in [0.05, 0.1) is 0 Å². The number of nitrogens with one attached hydrogen (secondary N) is 1. The Morgan fingerprint density at radius 1 is 1.42 bits per heavy atom. The van der Waals surface area contributed by atoms with Gasteiger partial charge in [-0.05, 0) is 12.1 Å². The summed E-state index contributed by atoms with van der Waals surface area (Å²) in [4.78, 5) is 0.944. The van der Waals surface area contributed by atoms with Crippen molar-refractivity contribution in [3.8, 4) is 0 Å². The zero-order chi connectivity index (χ0) is 9.40. The second kappa shape index (κ2) is 6.74. The molecule has 0 saturated heterocycles. The molecular formula is C6H9N2O3S-. The van der Waals surface area contributed by atoms with Gasteiger partial charge < -0.3 is 15.5 Å². The van der Waals surface area contributed by atoms with Crippen LogP contribution in [0.3, 0.4) is 0 Å². The fraction of sp³-hybridized carbons (Fsp3) is 0. The average molecular weight is 189 g/mol. The van der Waals surface area contributed by atoms with Gasteiger partial charge in [0.1, 0.15) is 0 Å². The van der Waals surface area contributed by atoms with Gasteiger partial charge in [-0.2, -0.15) is 0 Å². The molecule has 68 valence electrons. The molecule has 0 amide bonds. The molecule has 0 bridgehead atoms. The van der Waals surface area contributed by atoms with Gasteiger partial charge in [0, 0.05) is 17.0 Å². The Labute approximate surface area is 72.6 Å². The third-order valence-electron chi connectivity index (χ3n) is 0.874. The van der Waals surface area contributed by atoms with Crippen molar-refractivity contribution in [2.75, 3.05) is 5.73 Å². The molecular weight excluding hydrogens is 180 g/mol. The number of hydrogen-bond acceptors (Lipinski definition) is 4. The van der Waals surface area contributed by atoms with Crippen LogP contribution < -0.4 is 10.6 Å². The van der Waals surface area contributed by atoms with Crippen molar-refractivity contribution in [1.29, 1.82) is 0 Å². The summed E-state index contributed by atoms with van der Waals surface area (Å²) in [7, 11) is 0. The number of benzene rings is 1. The second-order valence-electron chi connectivity index (χ2n) is 1.74. The molecule has 1 aromatic rings. The molecule has 1 rings (SSSR count). The summed E-state index contributed by atoms with van der Waals surface area (Å²) in [6.07, 6.45) is 0. The van der Waals surface area contributed by atoms with E-state index in [9.17, 15) is 0 Å². The molecule has 6 heteroatoms. The number of nitrogen functional groups attached to an aromatic ring is 1. The predicted molar refractivity (Wildman–Crippen MR) is 44.7 cm³/mol. The van der Waals surface area contributed by atoms with Gasteiger partial charge in [-0.25, -0.2) is 0 Å². The van der Waals surface area contributed by atoms with Crippen molar-refractivity contribution >= 4 is 17.0 Å². The number of nitrogens with two attached hydrogens (primary N) is 1. The largest absolute Gasteiger partial charge is 0.758 e. The van der Waals surface area contributed by atoms with E-state index in [1.54, 1.807) is 0 Å². The van der Waals surface area contributed by atoms with E-state index in [0.29, 0.717) is 0 Å². The highest BCUT2D eigenvalue weighted by atomic mass is 32.2. The summed E-state index contributed by atoms with van der Waals surface area (Å²) in [5.41, 5.74) is 6.18. The van der Waals surface area contributed by atoms with Gasteiger partial charge in [0.15, 0.2) is 0 Å². The van der Waals surface area contributed by atoms with Crippen LogP contribution in [0.25, 0.3) is 0 Å². The minimum absolute atomic E-state index is 0.822. The van der Waals surface area contributed by atoms with E-state index >= 15 is 0 Å². The molecule has 12 heavy (non-hydrogen) atoms. The molecule has 1 atom stereocenters. The molecule has 0 aliphatic rings. The molecule has 5 nitrogen and oxygen atoms in total. The zero-order valence-electron chi connectivity index (χ0n) is 6.14. The van der Waals surface area contributed by atoms with Gasteiger partial charge in [-0.3, -0.25) is 4.21 Å². The van der Waals surface area contributed by atoms with Crippen molar-refractivity contribution in [3.63, 3.8) is 0 Å². The van der Waals surface area contributed by atoms with E-state index < -0.39 is 11.3 Å². The van der Waals surface area contributed by atoms with Gasteiger partial charge in [-0.1, -0.05) is 18.2 Å². The SMILES string of the molecule is Nc1ccccc1.O=S([O-])NO. The van der Waals surface area contributed by atoms with Crippen LogP contribution in [0.5, 0.6) is 0 Å². The summed E-state index contributed by atoms with van der Waals surface area (Å²) < 4.78 is 18.0. The Morgan fingerprint density at radius 2 is 1.83 bits per heavy atom. The van der Waals surface area contributed by atoms with Crippen molar-refractivity contribution in [1.82, 2.24) is 4.89 Å². The molecule has 1 aromatic carbocycles. The van der Waals surface area contributed by atoms with Crippen molar-refractivity contribution in [2.24, 2.45) is 0 Å². The van der Waals surface area contributed by atoms with E-state index in [2.05, 4.69) is 0 Å². The Balaban J connectivity index is 0.000000217. The lowest BCUT2D eigenvalue weighted by atomic mass is 10.3. The number of rotatable bonds is 1. The van der Waals surface area contributed by atoms with Crippen molar-refractivity contribution in [3.05, 3.63) is 30.3 Å². The van der Waals surface area contributed by atoms with E-state index in [-0.39, 0.29) is 0 Å². The predicted octanol–water partition coefficient (Wildman–Crippen LogP) is 0.0281.